The fraction of sp³-hybridized carbons (Fsp3) is 0.836. The molecule has 0 bridgehead atoms. The molecule has 0 spiro atoms. The van der Waals surface area contributed by atoms with Crippen molar-refractivity contribution < 1.29 is 73.8 Å². The second-order valence-corrected chi connectivity index (χ2v) is 21.2. The summed E-state index contributed by atoms with van der Waals surface area (Å²) < 4.78 is 33.6. The topological polar surface area (TPSA) is 231 Å². The summed E-state index contributed by atoms with van der Waals surface area (Å²) in [5.41, 5.74) is 0. The Balaban J connectivity index is 1.75. The summed E-state index contributed by atoms with van der Waals surface area (Å²) in [7, 11) is 0. The van der Waals surface area contributed by atoms with Gasteiger partial charge in [0, 0.05) is 12.8 Å². The molecule has 15 heteroatoms. The van der Waals surface area contributed by atoms with Crippen molar-refractivity contribution in [1.82, 2.24) is 0 Å². The van der Waals surface area contributed by atoms with Crippen LogP contribution >= 0.6 is 0 Å². The highest BCUT2D eigenvalue weighted by Gasteiger charge is 2.47. The number of esters is 2. The Kier molecular flexibility index (Phi) is 43.3. The molecule has 11 atom stereocenters. The molecule has 2 fully saturated rings. The lowest BCUT2D eigenvalue weighted by molar-refractivity contribution is -0.332. The van der Waals surface area contributed by atoms with Gasteiger partial charge in [-0.15, -0.1) is 0 Å². The molecular weight excluding hydrogens is 973 g/mol. The van der Waals surface area contributed by atoms with E-state index in [1.54, 1.807) is 0 Å². The van der Waals surface area contributed by atoms with Crippen molar-refractivity contribution in [2.24, 2.45) is 0 Å². The summed E-state index contributed by atoms with van der Waals surface area (Å²) in [5.74, 6) is -1.02. The molecule has 7 N–H and O–H groups in total. The third-order valence-electron chi connectivity index (χ3n) is 14.3. The van der Waals surface area contributed by atoms with E-state index in [-0.39, 0.29) is 19.4 Å². The Morgan fingerprint density at radius 2 is 0.789 bits per heavy atom. The van der Waals surface area contributed by atoms with Gasteiger partial charge in [-0.2, -0.15) is 0 Å². The van der Waals surface area contributed by atoms with Crippen molar-refractivity contribution in [2.75, 3.05) is 26.4 Å². The quantitative estimate of drug-likeness (QED) is 0.0171. The molecule has 442 valence electrons. The molecule has 0 aromatic carbocycles. The van der Waals surface area contributed by atoms with E-state index >= 15 is 0 Å². The molecule has 2 aliphatic rings. The zero-order valence-corrected chi connectivity index (χ0v) is 47.2. The van der Waals surface area contributed by atoms with Crippen LogP contribution in [0.1, 0.15) is 232 Å². The highest BCUT2D eigenvalue weighted by Crippen LogP contribution is 2.27. The maximum absolute atomic E-state index is 13.0. The number of allylic oxidation sites excluding steroid dienone is 8. The maximum Gasteiger partial charge on any atom is 0.306 e. The molecule has 0 aliphatic carbocycles. The van der Waals surface area contributed by atoms with Gasteiger partial charge in [-0.25, -0.2) is 0 Å². The van der Waals surface area contributed by atoms with Gasteiger partial charge in [-0.05, 0) is 64.2 Å². The van der Waals surface area contributed by atoms with Gasteiger partial charge in [-0.1, -0.05) is 204 Å². The highest BCUT2D eigenvalue weighted by atomic mass is 16.7. The maximum atomic E-state index is 13.0. The first-order valence-corrected chi connectivity index (χ1v) is 30.2. The van der Waals surface area contributed by atoms with Crippen molar-refractivity contribution >= 4 is 11.9 Å². The first-order chi connectivity index (χ1) is 37.0. The summed E-state index contributed by atoms with van der Waals surface area (Å²) >= 11 is 0. The summed E-state index contributed by atoms with van der Waals surface area (Å²) in [6.45, 7) is 2.54. The van der Waals surface area contributed by atoms with Crippen LogP contribution in [0.25, 0.3) is 0 Å². The molecule has 2 heterocycles. The summed E-state index contributed by atoms with van der Waals surface area (Å²) in [6, 6.07) is 0. The Morgan fingerprint density at radius 3 is 1.25 bits per heavy atom. The summed E-state index contributed by atoms with van der Waals surface area (Å²) in [5, 5.41) is 72.3. The fourth-order valence-corrected chi connectivity index (χ4v) is 9.36. The number of aliphatic hydroxyl groups is 7. The van der Waals surface area contributed by atoms with Crippen LogP contribution in [0.15, 0.2) is 48.6 Å². The van der Waals surface area contributed by atoms with E-state index in [9.17, 15) is 45.3 Å². The minimum Gasteiger partial charge on any atom is -0.462 e. The lowest BCUT2D eigenvalue weighted by Gasteiger charge is -2.42. The number of unbranched alkanes of at least 4 members (excludes halogenated alkanes) is 26. The molecule has 15 nitrogen and oxygen atoms in total. The number of ether oxygens (including phenoxy) is 6. The SMILES string of the molecule is CCCCCCCC/C=C/C/C=C/C/C=C/CCCC(=O)O[C@@H](COC(=O)CCC/C=C/CCCCCCCCCCCCCCCCCCCC)CO[C@@H]1O[C@H](CO[C@@H]2O[C@H](CO)[C@H](O)C(O)C2O)[C@H](O)C(O)C1O. The highest BCUT2D eigenvalue weighted by molar-refractivity contribution is 5.70. The van der Waals surface area contributed by atoms with Crippen LogP contribution in [-0.4, -0.2) is 142 Å². The minimum atomic E-state index is -1.78. The molecule has 0 aromatic rings. The van der Waals surface area contributed by atoms with E-state index in [2.05, 4.69) is 56.4 Å². The minimum absolute atomic E-state index is 0.0880. The van der Waals surface area contributed by atoms with Gasteiger partial charge < -0.3 is 64.2 Å². The van der Waals surface area contributed by atoms with Crippen molar-refractivity contribution in [3.8, 4) is 0 Å². The van der Waals surface area contributed by atoms with Gasteiger partial charge in [0.1, 0.15) is 55.4 Å². The van der Waals surface area contributed by atoms with Crippen molar-refractivity contribution in [3.63, 3.8) is 0 Å². The number of hydrogen-bond acceptors (Lipinski definition) is 15. The van der Waals surface area contributed by atoms with Crippen LogP contribution in [0.2, 0.25) is 0 Å². The first-order valence-electron chi connectivity index (χ1n) is 30.2. The Bertz CT molecular complexity index is 1500. The van der Waals surface area contributed by atoms with Crippen molar-refractivity contribution in [1.29, 1.82) is 0 Å². The lowest BCUT2D eigenvalue weighted by Crippen LogP contribution is -2.61. The van der Waals surface area contributed by atoms with Crippen LogP contribution in [-0.2, 0) is 38.0 Å². The van der Waals surface area contributed by atoms with Crippen molar-refractivity contribution in [2.45, 2.75) is 300 Å². The van der Waals surface area contributed by atoms with Gasteiger partial charge >= 0.3 is 11.9 Å². The molecule has 0 aromatic heterocycles. The second-order valence-electron chi connectivity index (χ2n) is 21.2. The Labute approximate surface area is 458 Å². The third-order valence-corrected chi connectivity index (χ3v) is 14.3. The van der Waals surface area contributed by atoms with E-state index in [4.69, 9.17) is 28.4 Å². The molecular formula is C61H108O15. The normalized spacial score (nSPS) is 24.6. The number of carbonyl (C=O) groups excluding carboxylic acids is 2. The molecule has 0 amide bonds. The van der Waals surface area contributed by atoms with Gasteiger partial charge in [0.25, 0.3) is 0 Å². The van der Waals surface area contributed by atoms with Gasteiger partial charge in [0.2, 0.25) is 0 Å². The van der Waals surface area contributed by atoms with Gasteiger partial charge in [0.05, 0.1) is 19.8 Å². The van der Waals surface area contributed by atoms with E-state index in [0.717, 1.165) is 38.5 Å². The second kappa shape index (κ2) is 47.3. The summed E-state index contributed by atoms with van der Waals surface area (Å²) in [4.78, 5) is 25.9. The van der Waals surface area contributed by atoms with Crippen LogP contribution < -0.4 is 0 Å². The number of hydrogen-bond donors (Lipinski definition) is 7. The van der Waals surface area contributed by atoms with E-state index in [1.165, 1.54) is 148 Å². The first kappa shape index (κ1) is 69.6. The monoisotopic (exact) mass is 1080 g/mol. The number of aliphatic hydroxyl groups excluding tert-OH is 7. The Morgan fingerprint density at radius 1 is 0.421 bits per heavy atom. The molecule has 2 rings (SSSR count). The van der Waals surface area contributed by atoms with Gasteiger partial charge in [0.15, 0.2) is 18.7 Å². The van der Waals surface area contributed by atoms with Gasteiger partial charge in [-0.3, -0.25) is 9.59 Å². The molecule has 0 saturated carbocycles. The zero-order chi connectivity index (χ0) is 55.3. The predicted octanol–water partition coefficient (Wildman–Crippen LogP) is 10.6. The number of rotatable bonds is 48. The average Bonchev–Trinajstić information content (AvgIpc) is 3.41. The third kappa shape index (κ3) is 33.8. The van der Waals surface area contributed by atoms with Crippen LogP contribution in [0.5, 0.6) is 0 Å². The lowest BCUT2D eigenvalue weighted by atomic mass is 9.98. The van der Waals surface area contributed by atoms with Crippen LogP contribution in [0.4, 0.5) is 0 Å². The van der Waals surface area contributed by atoms with Crippen molar-refractivity contribution in [3.05, 3.63) is 48.6 Å². The molecule has 0 radical (unpaired) electrons. The van der Waals surface area contributed by atoms with E-state index in [0.29, 0.717) is 19.3 Å². The standard InChI is InChI=1S/C61H108O15/c1-3-5-7-9-11-13-15-17-19-21-22-23-24-25-26-28-29-31-33-35-37-39-41-43-52(63)71-46-49(74-53(64)44-42-40-38-36-34-32-30-27-20-18-16-14-12-10-8-6-4-2)47-72-60-59(70)57(68)55(66)51(76-60)48-73-61-58(69)56(67)54(65)50(45-62)75-61/h18,20,30,32,35-38,49-51,54-62,65-70H,3-17,19,21-29,31,33-34,39-48H2,1-2H3/b20-18+,32-30+,37-35+,38-36+/t49-,50+,51+,54-,55-,56?,57?,58?,59?,60+,61+/m0/s1. The summed E-state index contributed by atoms with van der Waals surface area (Å²) in [6.07, 6.45) is 38.7. The molecule has 2 aliphatic heterocycles. The smallest absolute Gasteiger partial charge is 0.306 e. The number of carbonyl (C=O) groups is 2. The zero-order valence-electron chi connectivity index (χ0n) is 47.2. The average molecular weight is 1080 g/mol. The van der Waals surface area contributed by atoms with E-state index in [1.807, 2.05) is 6.08 Å². The molecule has 4 unspecified atom stereocenters. The molecule has 76 heavy (non-hydrogen) atoms. The molecule has 2 saturated heterocycles. The van der Waals surface area contributed by atoms with Crippen LogP contribution in [0.3, 0.4) is 0 Å². The fourth-order valence-electron chi connectivity index (χ4n) is 9.36. The largest absolute Gasteiger partial charge is 0.462 e. The Hall–Kier alpha value is -2.54. The van der Waals surface area contributed by atoms with E-state index < -0.39 is 99.3 Å². The van der Waals surface area contributed by atoms with Crippen LogP contribution in [0, 0.1) is 0 Å². The predicted molar refractivity (Wildman–Crippen MR) is 298 cm³/mol.